The molecule has 116 valence electrons. The number of hydrogen-bond acceptors (Lipinski definition) is 4. The van der Waals surface area contributed by atoms with Crippen LogP contribution in [-0.4, -0.2) is 38.7 Å². The first kappa shape index (κ1) is 13.5. The van der Waals surface area contributed by atoms with Gasteiger partial charge >= 0.3 is 0 Å². The van der Waals surface area contributed by atoms with Gasteiger partial charge in [0.2, 0.25) is 0 Å². The molecule has 22 heavy (non-hydrogen) atoms. The van der Waals surface area contributed by atoms with Crippen LogP contribution in [0.5, 0.6) is 0 Å². The fraction of sp³-hybridized carbons (Fsp3) is 0.562. The zero-order valence-corrected chi connectivity index (χ0v) is 12.5. The average Bonchev–Trinajstić information content (AvgIpc) is 3.05. The summed E-state index contributed by atoms with van der Waals surface area (Å²) in [5.41, 5.74) is 0.768. The molecule has 1 saturated carbocycles. The van der Waals surface area contributed by atoms with Gasteiger partial charge in [-0.25, -0.2) is 4.98 Å². The molecule has 1 atom stereocenters. The Balaban J connectivity index is 1.45. The number of carbonyl (C=O) groups is 1. The topological polar surface area (TPSA) is 64.2 Å². The van der Waals surface area contributed by atoms with Crippen LogP contribution in [-0.2, 0) is 6.54 Å². The monoisotopic (exact) mass is 300 g/mol. The van der Waals surface area contributed by atoms with E-state index < -0.39 is 0 Å². The SMILES string of the molecule is O=C(c1ccoc1C1CC1)N1CCCC(Cn2cncn2)C1. The van der Waals surface area contributed by atoms with Crippen LogP contribution >= 0.6 is 0 Å². The Morgan fingerprint density at radius 1 is 1.36 bits per heavy atom. The summed E-state index contributed by atoms with van der Waals surface area (Å²) in [5, 5.41) is 4.16. The minimum atomic E-state index is 0.124. The van der Waals surface area contributed by atoms with Crippen LogP contribution in [0.25, 0.3) is 0 Å². The molecule has 2 aromatic rings. The van der Waals surface area contributed by atoms with Crippen molar-refractivity contribution in [1.29, 1.82) is 0 Å². The first-order valence-electron chi connectivity index (χ1n) is 8.00. The van der Waals surface area contributed by atoms with Crippen molar-refractivity contribution < 1.29 is 9.21 Å². The van der Waals surface area contributed by atoms with Crippen molar-refractivity contribution in [3.05, 3.63) is 36.3 Å². The maximum atomic E-state index is 12.8. The second-order valence-electron chi connectivity index (χ2n) is 6.35. The van der Waals surface area contributed by atoms with Gasteiger partial charge in [0.1, 0.15) is 18.4 Å². The molecule has 1 unspecified atom stereocenters. The molecule has 2 aromatic heterocycles. The van der Waals surface area contributed by atoms with E-state index in [1.165, 1.54) is 0 Å². The van der Waals surface area contributed by atoms with Crippen LogP contribution in [0.2, 0.25) is 0 Å². The quantitative estimate of drug-likeness (QED) is 0.869. The maximum Gasteiger partial charge on any atom is 0.257 e. The molecule has 0 spiro atoms. The lowest BCUT2D eigenvalue weighted by Gasteiger charge is -2.32. The highest BCUT2D eigenvalue weighted by Gasteiger charge is 2.33. The predicted octanol–water partition coefficient (Wildman–Crippen LogP) is 2.30. The van der Waals surface area contributed by atoms with E-state index in [-0.39, 0.29) is 5.91 Å². The number of piperidine rings is 1. The van der Waals surface area contributed by atoms with Gasteiger partial charge in [-0.15, -0.1) is 0 Å². The van der Waals surface area contributed by atoms with E-state index in [2.05, 4.69) is 10.1 Å². The molecule has 1 aliphatic heterocycles. The summed E-state index contributed by atoms with van der Waals surface area (Å²) in [6.45, 7) is 2.45. The largest absolute Gasteiger partial charge is 0.468 e. The van der Waals surface area contributed by atoms with Gasteiger partial charge < -0.3 is 9.32 Å². The summed E-state index contributed by atoms with van der Waals surface area (Å²) in [6.07, 6.45) is 9.40. The van der Waals surface area contributed by atoms with Crippen LogP contribution in [0.15, 0.2) is 29.4 Å². The van der Waals surface area contributed by atoms with E-state index in [9.17, 15) is 4.79 Å². The second-order valence-corrected chi connectivity index (χ2v) is 6.35. The van der Waals surface area contributed by atoms with Crippen LogP contribution < -0.4 is 0 Å². The normalized spacial score (nSPS) is 22.0. The Kier molecular flexibility index (Phi) is 3.44. The van der Waals surface area contributed by atoms with Crippen LogP contribution in [0.1, 0.15) is 47.7 Å². The van der Waals surface area contributed by atoms with Crippen LogP contribution in [0.3, 0.4) is 0 Å². The molecular formula is C16H20N4O2. The molecule has 0 aromatic carbocycles. The number of nitrogens with zero attached hydrogens (tertiary/aromatic N) is 4. The number of rotatable bonds is 4. The Morgan fingerprint density at radius 3 is 3.05 bits per heavy atom. The maximum absolute atomic E-state index is 12.8. The highest BCUT2D eigenvalue weighted by Crippen LogP contribution is 2.42. The second kappa shape index (κ2) is 5.59. The first-order valence-corrected chi connectivity index (χ1v) is 8.00. The van der Waals surface area contributed by atoms with E-state index >= 15 is 0 Å². The zero-order chi connectivity index (χ0) is 14.9. The summed E-state index contributed by atoms with van der Waals surface area (Å²) < 4.78 is 7.40. The number of likely N-dealkylation sites (tertiary alicyclic amines) is 1. The molecule has 0 bridgehead atoms. The van der Waals surface area contributed by atoms with Gasteiger partial charge in [0, 0.05) is 25.6 Å². The summed E-state index contributed by atoms with van der Waals surface area (Å²) >= 11 is 0. The summed E-state index contributed by atoms with van der Waals surface area (Å²) in [6, 6.07) is 1.83. The first-order chi connectivity index (χ1) is 10.8. The minimum Gasteiger partial charge on any atom is -0.468 e. The molecule has 0 N–H and O–H groups in total. The highest BCUT2D eigenvalue weighted by atomic mass is 16.3. The van der Waals surface area contributed by atoms with Crippen molar-refractivity contribution in [3.8, 4) is 0 Å². The van der Waals surface area contributed by atoms with E-state index in [0.29, 0.717) is 11.8 Å². The molecule has 6 nitrogen and oxygen atoms in total. The van der Waals surface area contributed by atoms with Gasteiger partial charge in [0.25, 0.3) is 5.91 Å². The number of hydrogen-bond donors (Lipinski definition) is 0. The van der Waals surface area contributed by atoms with Crippen molar-refractivity contribution in [3.63, 3.8) is 0 Å². The van der Waals surface area contributed by atoms with Gasteiger partial charge in [-0.2, -0.15) is 5.10 Å². The van der Waals surface area contributed by atoms with Gasteiger partial charge in [-0.3, -0.25) is 9.48 Å². The minimum absolute atomic E-state index is 0.124. The summed E-state index contributed by atoms with van der Waals surface area (Å²) in [5.74, 6) is 1.92. The highest BCUT2D eigenvalue weighted by molar-refractivity contribution is 5.95. The standard InChI is InChI=1S/C16H20N4O2/c21-16(14-5-7-22-15(14)13-3-4-13)19-6-1-2-12(8-19)9-20-11-17-10-18-20/h5,7,10-13H,1-4,6,8-9H2. The third kappa shape index (κ3) is 2.65. The molecule has 6 heteroatoms. The van der Waals surface area contributed by atoms with E-state index in [0.717, 1.165) is 56.6 Å². The van der Waals surface area contributed by atoms with Crippen molar-refractivity contribution in [2.45, 2.75) is 38.1 Å². The van der Waals surface area contributed by atoms with Gasteiger partial charge in [0.15, 0.2) is 0 Å². The lowest BCUT2D eigenvalue weighted by atomic mass is 9.97. The van der Waals surface area contributed by atoms with Crippen molar-refractivity contribution in [1.82, 2.24) is 19.7 Å². The fourth-order valence-electron chi connectivity index (χ4n) is 3.32. The fourth-order valence-corrected chi connectivity index (χ4v) is 3.32. The molecule has 2 aliphatic rings. The molecule has 1 saturated heterocycles. The molecule has 1 amide bonds. The molecular weight excluding hydrogens is 280 g/mol. The Hall–Kier alpha value is -2.11. The average molecular weight is 300 g/mol. The molecule has 4 rings (SSSR count). The van der Waals surface area contributed by atoms with Gasteiger partial charge in [0.05, 0.1) is 11.8 Å². The Morgan fingerprint density at radius 2 is 2.27 bits per heavy atom. The van der Waals surface area contributed by atoms with Crippen LogP contribution in [0, 0.1) is 5.92 Å². The van der Waals surface area contributed by atoms with E-state index in [4.69, 9.17) is 4.42 Å². The van der Waals surface area contributed by atoms with E-state index in [1.807, 2.05) is 15.6 Å². The Bertz CT molecular complexity index is 645. The third-order valence-corrected chi connectivity index (χ3v) is 4.59. The third-order valence-electron chi connectivity index (χ3n) is 4.59. The zero-order valence-electron chi connectivity index (χ0n) is 12.5. The number of furan rings is 1. The van der Waals surface area contributed by atoms with Crippen molar-refractivity contribution in [2.24, 2.45) is 5.92 Å². The van der Waals surface area contributed by atoms with Gasteiger partial charge in [-0.1, -0.05) is 0 Å². The summed E-state index contributed by atoms with van der Waals surface area (Å²) in [4.78, 5) is 18.7. The number of aromatic nitrogens is 3. The van der Waals surface area contributed by atoms with Gasteiger partial charge in [-0.05, 0) is 37.7 Å². The lowest BCUT2D eigenvalue weighted by molar-refractivity contribution is 0.0657. The molecule has 3 heterocycles. The van der Waals surface area contributed by atoms with Crippen molar-refractivity contribution >= 4 is 5.91 Å². The Labute approximate surface area is 129 Å². The van der Waals surface area contributed by atoms with E-state index in [1.54, 1.807) is 18.9 Å². The summed E-state index contributed by atoms with van der Waals surface area (Å²) in [7, 11) is 0. The molecule has 0 radical (unpaired) electrons. The number of carbonyl (C=O) groups excluding carboxylic acids is 1. The van der Waals surface area contributed by atoms with Crippen LogP contribution in [0.4, 0.5) is 0 Å². The predicted molar refractivity (Wildman–Crippen MR) is 79.3 cm³/mol. The van der Waals surface area contributed by atoms with Crippen molar-refractivity contribution in [2.75, 3.05) is 13.1 Å². The molecule has 2 fully saturated rings. The number of amides is 1. The smallest absolute Gasteiger partial charge is 0.257 e. The lowest BCUT2D eigenvalue weighted by Crippen LogP contribution is -2.41. The molecule has 1 aliphatic carbocycles.